The topological polar surface area (TPSA) is 21.3 Å². The lowest BCUT2D eigenvalue weighted by molar-refractivity contribution is 0.194. The second-order valence-electron chi connectivity index (χ2n) is 3.44. The maximum absolute atomic E-state index is 4.99. The van der Waals surface area contributed by atoms with Crippen molar-refractivity contribution in [3.05, 3.63) is 29.8 Å². The number of methoxy groups -OCH3 is 1. The number of ether oxygens (including phenoxy) is 1. The van der Waals surface area contributed by atoms with E-state index in [4.69, 9.17) is 4.74 Å². The fraction of sp³-hybridized carbons (Fsp3) is 0.500. The highest BCUT2D eigenvalue weighted by atomic mass is 16.5. The van der Waals surface area contributed by atoms with Crippen LogP contribution in [0.25, 0.3) is 0 Å². The number of unbranched alkanes of at least 4 members (excludes halogenated alkanes) is 1. The van der Waals surface area contributed by atoms with Crippen molar-refractivity contribution in [2.45, 2.75) is 19.8 Å². The first kappa shape index (κ1) is 11.1. The largest absolute Gasteiger partial charge is 0.385 e. The molecule has 78 valence electrons. The van der Waals surface area contributed by atoms with Crippen molar-refractivity contribution in [2.75, 3.05) is 25.6 Å². The first-order chi connectivity index (χ1) is 6.84. The molecule has 0 fully saturated rings. The smallest absolute Gasteiger partial charge is 0.0462 e. The molecular formula is C12H19NO. The normalized spacial score (nSPS) is 10.1. The van der Waals surface area contributed by atoms with Gasteiger partial charge in [-0.05, 0) is 31.4 Å². The van der Waals surface area contributed by atoms with Crippen LogP contribution in [0.15, 0.2) is 24.3 Å². The Morgan fingerprint density at radius 2 is 2.00 bits per heavy atom. The Morgan fingerprint density at radius 3 is 2.71 bits per heavy atom. The molecule has 0 amide bonds. The molecule has 2 nitrogen and oxygen atoms in total. The minimum atomic E-state index is 0.857. The molecule has 1 rings (SSSR count). The Hall–Kier alpha value is -1.02. The second-order valence-corrected chi connectivity index (χ2v) is 3.44. The standard InChI is InChI=1S/C12H19NO/c1-11-7-3-4-8-12(11)13-9-5-6-10-14-2/h3-4,7-8,13H,5-6,9-10H2,1-2H3. The molecule has 0 aliphatic carbocycles. The maximum atomic E-state index is 4.99. The monoisotopic (exact) mass is 193 g/mol. The Balaban J connectivity index is 2.21. The van der Waals surface area contributed by atoms with Gasteiger partial charge < -0.3 is 10.1 Å². The number of nitrogens with one attached hydrogen (secondary N) is 1. The summed E-state index contributed by atoms with van der Waals surface area (Å²) in [6, 6.07) is 8.36. The SMILES string of the molecule is COCCCCNc1ccccc1C. The van der Waals surface area contributed by atoms with Crippen LogP contribution in [-0.2, 0) is 4.74 Å². The highest BCUT2D eigenvalue weighted by Crippen LogP contribution is 2.12. The third-order valence-electron chi connectivity index (χ3n) is 2.24. The number of benzene rings is 1. The van der Waals surface area contributed by atoms with Crippen LogP contribution in [-0.4, -0.2) is 20.3 Å². The zero-order valence-electron chi connectivity index (χ0n) is 9.05. The molecule has 0 unspecified atom stereocenters. The van der Waals surface area contributed by atoms with Gasteiger partial charge in [0.05, 0.1) is 0 Å². The predicted molar refractivity (Wildman–Crippen MR) is 60.8 cm³/mol. The highest BCUT2D eigenvalue weighted by Gasteiger charge is 1.94. The zero-order chi connectivity index (χ0) is 10.2. The van der Waals surface area contributed by atoms with E-state index in [1.165, 1.54) is 11.3 Å². The third kappa shape index (κ3) is 3.79. The summed E-state index contributed by atoms with van der Waals surface area (Å²) in [4.78, 5) is 0. The van der Waals surface area contributed by atoms with E-state index >= 15 is 0 Å². The molecule has 0 radical (unpaired) electrons. The predicted octanol–water partition coefficient (Wildman–Crippen LogP) is 2.83. The maximum Gasteiger partial charge on any atom is 0.0462 e. The average Bonchev–Trinajstić information content (AvgIpc) is 2.20. The van der Waals surface area contributed by atoms with Gasteiger partial charge in [-0.25, -0.2) is 0 Å². The summed E-state index contributed by atoms with van der Waals surface area (Å²) in [6.45, 7) is 4.00. The summed E-state index contributed by atoms with van der Waals surface area (Å²) in [5.41, 5.74) is 2.55. The summed E-state index contributed by atoms with van der Waals surface area (Å²) >= 11 is 0. The lowest BCUT2D eigenvalue weighted by Crippen LogP contribution is -2.03. The van der Waals surface area contributed by atoms with Crippen molar-refractivity contribution in [2.24, 2.45) is 0 Å². The summed E-state index contributed by atoms with van der Waals surface area (Å²) in [5.74, 6) is 0. The summed E-state index contributed by atoms with van der Waals surface area (Å²) in [7, 11) is 1.74. The lowest BCUT2D eigenvalue weighted by Gasteiger charge is -2.08. The van der Waals surface area contributed by atoms with Gasteiger partial charge >= 0.3 is 0 Å². The molecule has 0 bridgehead atoms. The molecule has 0 aliphatic heterocycles. The van der Waals surface area contributed by atoms with Crippen LogP contribution >= 0.6 is 0 Å². The molecule has 0 saturated carbocycles. The third-order valence-corrected chi connectivity index (χ3v) is 2.24. The van der Waals surface area contributed by atoms with Crippen LogP contribution in [0.1, 0.15) is 18.4 Å². The Kier molecular flexibility index (Phi) is 5.08. The van der Waals surface area contributed by atoms with E-state index < -0.39 is 0 Å². The van der Waals surface area contributed by atoms with E-state index in [9.17, 15) is 0 Å². The molecule has 1 aromatic carbocycles. The van der Waals surface area contributed by atoms with E-state index in [0.29, 0.717) is 0 Å². The molecule has 1 aromatic rings. The molecule has 2 heteroatoms. The lowest BCUT2D eigenvalue weighted by atomic mass is 10.2. The summed E-state index contributed by atoms with van der Waals surface area (Å²) in [6.07, 6.45) is 2.28. The number of hydrogen-bond acceptors (Lipinski definition) is 2. The van der Waals surface area contributed by atoms with Gasteiger partial charge in [0.1, 0.15) is 0 Å². The van der Waals surface area contributed by atoms with Crippen LogP contribution < -0.4 is 5.32 Å². The second kappa shape index (κ2) is 6.44. The van der Waals surface area contributed by atoms with Crippen LogP contribution in [0.4, 0.5) is 5.69 Å². The molecule has 0 heterocycles. The molecule has 0 aromatic heterocycles. The number of para-hydroxylation sites is 1. The molecule has 1 N–H and O–H groups in total. The highest BCUT2D eigenvalue weighted by molar-refractivity contribution is 5.49. The Bertz CT molecular complexity index is 260. The van der Waals surface area contributed by atoms with Gasteiger partial charge in [-0.1, -0.05) is 18.2 Å². The first-order valence-electron chi connectivity index (χ1n) is 5.13. The summed E-state index contributed by atoms with van der Waals surface area (Å²) < 4.78 is 4.99. The Morgan fingerprint density at radius 1 is 1.21 bits per heavy atom. The van der Waals surface area contributed by atoms with Crippen LogP contribution in [0.3, 0.4) is 0 Å². The van der Waals surface area contributed by atoms with Crippen molar-refractivity contribution in [1.82, 2.24) is 0 Å². The minimum Gasteiger partial charge on any atom is -0.385 e. The van der Waals surface area contributed by atoms with Gasteiger partial charge in [-0.15, -0.1) is 0 Å². The van der Waals surface area contributed by atoms with Gasteiger partial charge in [0.25, 0.3) is 0 Å². The molecular weight excluding hydrogens is 174 g/mol. The molecule has 14 heavy (non-hydrogen) atoms. The molecule has 0 saturated heterocycles. The fourth-order valence-electron chi connectivity index (χ4n) is 1.37. The first-order valence-corrected chi connectivity index (χ1v) is 5.13. The van der Waals surface area contributed by atoms with Gasteiger partial charge in [0, 0.05) is 25.9 Å². The fourth-order valence-corrected chi connectivity index (χ4v) is 1.37. The quantitative estimate of drug-likeness (QED) is 0.701. The van der Waals surface area contributed by atoms with Crippen LogP contribution in [0.5, 0.6) is 0 Å². The molecule has 0 aliphatic rings. The number of hydrogen-bond donors (Lipinski definition) is 1. The van der Waals surface area contributed by atoms with E-state index in [1.807, 2.05) is 0 Å². The van der Waals surface area contributed by atoms with E-state index in [-0.39, 0.29) is 0 Å². The van der Waals surface area contributed by atoms with Gasteiger partial charge in [0.2, 0.25) is 0 Å². The van der Waals surface area contributed by atoms with Gasteiger partial charge in [-0.2, -0.15) is 0 Å². The summed E-state index contributed by atoms with van der Waals surface area (Å²) in [5, 5.41) is 3.42. The number of anilines is 1. The van der Waals surface area contributed by atoms with Crippen molar-refractivity contribution in [1.29, 1.82) is 0 Å². The van der Waals surface area contributed by atoms with Crippen molar-refractivity contribution in [3.63, 3.8) is 0 Å². The molecule has 0 atom stereocenters. The van der Waals surface area contributed by atoms with Crippen molar-refractivity contribution < 1.29 is 4.74 Å². The minimum absolute atomic E-state index is 0.857. The van der Waals surface area contributed by atoms with E-state index in [1.54, 1.807) is 7.11 Å². The van der Waals surface area contributed by atoms with E-state index in [0.717, 1.165) is 26.0 Å². The van der Waals surface area contributed by atoms with Crippen LogP contribution in [0.2, 0.25) is 0 Å². The van der Waals surface area contributed by atoms with Crippen LogP contribution in [0, 0.1) is 6.92 Å². The molecule has 0 spiro atoms. The average molecular weight is 193 g/mol. The Labute approximate surface area is 86.3 Å². The number of rotatable bonds is 6. The number of aryl methyl sites for hydroxylation is 1. The van der Waals surface area contributed by atoms with Crippen molar-refractivity contribution in [3.8, 4) is 0 Å². The van der Waals surface area contributed by atoms with Gasteiger partial charge in [-0.3, -0.25) is 0 Å². The van der Waals surface area contributed by atoms with E-state index in [2.05, 4.69) is 36.5 Å². The zero-order valence-corrected chi connectivity index (χ0v) is 9.05. The van der Waals surface area contributed by atoms with Gasteiger partial charge in [0.15, 0.2) is 0 Å². The van der Waals surface area contributed by atoms with Crippen molar-refractivity contribution >= 4 is 5.69 Å².